The maximum absolute atomic E-state index is 14.5. The summed E-state index contributed by atoms with van der Waals surface area (Å²) in [7, 11) is 0. The molecule has 1 heterocycles. The van der Waals surface area contributed by atoms with Gasteiger partial charge in [0.1, 0.15) is 12.0 Å². The summed E-state index contributed by atoms with van der Waals surface area (Å²) in [5, 5.41) is 0.953. The van der Waals surface area contributed by atoms with Gasteiger partial charge in [-0.15, -0.1) is 11.3 Å². The van der Waals surface area contributed by atoms with E-state index in [2.05, 4.69) is 0 Å². The monoisotopic (exact) mass is 264 g/mol. The second-order valence-corrected chi connectivity index (χ2v) is 6.54. The number of hydrogen-bond acceptors (Lipinski definition) is 1. The first-order chi connectivity index (χ1) is 8.41. The standard InChI is InChI=1S/C15H14F2S/c1-8-4-5-9-10-7-12(16)15(2,3)14(17)13(10)18-11(9)6-8/h4-7,14H,1-3H3. The van der Waals surface area contributed by atoms with E-state index in [1.54, 1.807) is 13.8 Å². The number of benzene rings is 1. The lowest BCUT2D eigenvalue weighted by molar-refractivity contribution is 0.156. The second-order valence-electron chi connectivity index (χ2n) is 5.46. The van der Waals surface area contributed by atoms with Gasteiger partial charge in [-0.1, -0.05) is 26.0 Å². The van der Waals surface area contributed by atoms with Crippen molar-refractivity contribution in [2.45, 2.75) is 26.9 Å². The van der Waals surface area contributed by atoms with Gasteiger partial charge in [0.15, 0.2) is 0 Å². The van der Waals surface area contributed by atoms with E-state index in [9.17, 15) is 8.78 Å². The molecule has 0 nitrogen and oxygen atoms in total. The van der Waals surface area contributed by atoms with E-state index in [4.69, 9.17) is 0 Å². The molecule has 0 spiro atoms. The first-order valence-electron chi connectivity index (χ1n) is 5.96. The van der Waals surface area contributed by atoms with E-state index in [1.165, 1.54) is 17.4 Å². The van der Waals surface area contributed by atoms with E-state index >= 15 is 0 Å². The molecule has 1 aromatic heterocycles. The third kappa shape index (κ3) is 1.46. The molecule has 0 amide bonds. The zero-order chi connectivity index (χ0) is 13.1. The molecule has 0 radical (unpaired) electrons. The van der Waals surface area contributed by atoms with Crippen molar-refractivity contribution in [1.82, 2.24) is 0 Å². The molecule has 1 aliphatic rings. The zero-order valence-electron chi connectivity index (χ0n) is 10.6. The Hall–Kier alpha value is -1.22. The molecule has 94 valence electrons. The highest BCUT2D eigenvalue weighted by molar-refractivity contribution is 7.19. The Kier molecular flexibility index (Phi) is 2.39. The van der Waals surface area contributed by atoms with Crippen LogP contribution in [0.1, 0.15) is 36.0 Å². The minimum Gasteiger partial charge on any atom is -0.240 e. The fraction of sp³-hybridized carbons (Fsp3) is 0.333. The summed E-state index contributed by atoms with van der Waals surface area (Å²) in [4.78, 5) is 0.655. The summed E-state index contributed by atoms with van der Waals surface area (Å²) in [5.41, 5.74) is 0.808. The second kappa shape index (κ2) is 3.64. The van der Waals surface area contributed by atoms with E-state index in [0.717, 1.165) is 21.2 Å². The van der Waals surface area contributed by atoms with E-state index in [1.807, 2.05) is 25.1 Å². The summed E-state index contributed by atoms with van der Waals surface area (Å²) in [6.07, 6.45) is 0.231. The van der Waals surface area contributed by atoms with E-state index in [0.29, 0.717) is 4.88 Å². The Morgan fingerprint density at radius 3 is 2.72 bits per heavy atom. The number of fused-ring (bicyclic) bond motifs is 3. The van der Waals surface area contributed by atoms with Gasteiger partial charge >= 0.3 is 0 Å². The number of rotatable bonds is 0. The first-order valence-corrected chi connectivity index (χ1v) is 6.77. The summed E-state index contributed by atoms with van der Waals surface area (Å²) >= 11 is 1.44. The molecule has 3 heteroatoms. The molecular weight excluding hydrogens is 250 g/mol. The van der Waals surface area contributed by atoms with Crippen LogP contribution in [-0.2, 0) is 0 Å². The summed E-state index contributed by atoms with van der Waals surface area (Å²) < 4.78 is 29.5. The maximum atomic E-state index is 14.5. The van der Waals surface area contributed by atoms with Crippen LogP contribution in [0, 0.1) is 12.3 Å². The van der Waals surface area contributed by atoms with Crippen molar-refractivity contribution in [3.8, 4) is 0 Å². The fourth-order valence-electron chi connectivity index (χ4n) is 2.34. The predicted molar refractivity (Wildman–Crippen MR) is 73.3 cm³/mol. The quantitative estimate of drug-likeness (QED) is 0.583. The Morgan fingerprint density at radius 2 is 2.00 bits per heavy atom. The van der Waals surface area contributed by atoms with Gasteiger partial charge in [-0.2, -0.15) is 0 Å². The molecule has 18 heavy (non-hydrogen) atoms. The van der Waals surface area contributed by atoms with Crippen LogP contribution >= 0.6 is 11.3 Å². The molecule has 1 unspecified atom stereocenters. The lowest BCUT2D eigenvalue weighted by atomic mass is 9.80. The lowest BCUT2D eigenvalue weighted by Gasteiger charge is -2.30. The Labute approximate surface area is 109 Å². The van der Waals surface area contributed by atoms with Crippen molar-refractivity contribution in [2.24, 2.45) is 5.41 Å². The van der Waals surface area contributed by atoms with Gasteiger partial charge in [0.2, 0.25) is 0 Å². The zero-order valence-corrected chi connectivity index (χ0v) is 11.4. The number of aryl methyl sites for hydroxylation is 1. The van der Waals surface area contributed by atoms with E-state index < -0.39 is 11.6 Å². The highest BCUT2D eigenvalue weighted by Gasteiger charge is 2.41. The Balaban J connectivity index is 2.34. The van der Waals surface area contributed by atoms with Crippen LogP contribution in [0.2, 0.25) is 0 Å². The normalized spacial score (nSPS) is 21.8. The molecule has 1 aromatic carbocycles. The Bertz CT molecular complexity index is 664. The highest BCUT2D eigenvalue weighted by Crippen LogP contribution is 2.53. The molecule has 2 aromatic rings. The minimum absolute atomic E-state index is 0.372. The van der Waals surface area contributed by atoms with Gasteiger partial charge in [0.05, 0.1) is 5.41 Å². The van der Waals surface area contributed by atoms with Crippen LogP contribution < -0.4 is 0 Å². The fourth-order valence-corrected chi connectivity index (χ4v) is 3.79. The van der Waals surface area contributed by atoms with Gasteiger partial charge in [-0.05, 0) is 24.6 Å². The van der Waals surface area contributed by atoms with Crippen molar-refractivity contribution in [1.29, 1.82) is 0 Å². The van der Waals surface area contributed by atoms with Crippen LogP contribution in [-0.4, -0.2) is 0 Å². The molecule has 0 fully saturated rings. The van der Waals surface area contributed by atoms with Gasteiger partial charge in [0, 0.05) is 20.5 Å². The average Bonchev–Trinajstić information content (AvgIpc) is 2.65. The van der Waals surface area contributed by atoms with Gasteiger partial charge in [-0.3, -0.25) is 0 Å². The molecule has 1 aliphatic carbocycles. The molecule has 0 bridgehead atoms. The topological polar surface area (TPSA) is 0 Å². The molecule has 3 rings (SSSR count). The van der Waals surface area contributed by atoms with Crippen LogP contribution in [0.15, 0.2) is 24.0 Å². The Morgan fingerprint density at radius 1 is 1.28 bits per heavy atom. The predicted octanol–water partition coefficient (Wildman–Crippen LogP) is 5.57. The summed E-state index contributed by atoms with van der Waals surface area (Å²) in [6, 6.07) is 5.96. The molecule has 0 aliphatic heterocycles. The smallest absolute Gasteiger partial charge is 0.146 e. The van der Waals surface area contributed by atoms with Crippen LogP contribution in [0.4, 0.5) is 8.78 Å². The average molecular weight is 264 g/mol. The third-order valence-electron chi connectivity index (χ3n) is 3.66. The van der Waals surface area contributed by atoms with Crippen molar-refractivity contribution < 1.29 is 8.78 Å². The van der Waals surface area contributed by atoms with Crippen molar-refractivity contribution >= 4 is 27.5 Å². The van der Waals surface area contributed by atoms with Crippen LogP contribution in [0.25, 0.3) is 16.2 Å². The van der Waals surface area contributed by atoms with Crippen molar-refractivity contribution in [3.63, 3.8) is 0 Å². The minimum atomic E-state index is -1.27. The number of halogens is 2. The molecule has 0 N–H and O–H groups in total. The first kappa shape index (κ1) is 11.8. The molecular formula is C15H14F2S. The van der Waals surface area contributed by atoms with Gasteiger partial charge in [-0.25, -0.2) is 8.78 Å². The third-order valence-corrected chi connectivity index (χ3v) is 4.87. The maximum Gasteiger partial charge on any atom is 0.146 e. The van der Waals surface area contributed by atoms with Gasteiger partial charge < -0.3 is 0 Å². The van der Waals surface area contributed by atoms with Crippen LogP contribution in [0.3, 0.4) is 0 Å². The largest absolute Gasteiger partial charge is 0.240 e. The summed E-state index contributed by atoms with van der Waals surface area (Å²) in [5.74, 6) is -0.372. The van der Waals surface area contributed by atoms with Gasteiger partial charge in [0.25, 0.3) is 0 Å². The number of allylic oxidation sites excluding steroid dienone is 1. The summed E-state index contributed by atoms with van der Waals surface area (Å²) in [6.45, 7) is 5.23. The number of thiophene rings is 1. The van der Waals surface area contributed by atoms with Crippen LogP contribution in [0.5, 0.6) is 0 Å². The number of hydrogen-bond donors (Lipinski definition) is 0. The molecule has 0 saturated heterocycles. The molecule has 1 atom stereocenters. The van der Waals surface area contributed by atoms with E-state index in [-0.39, 0.29) is 5.83 Å². The number of alkyl halides is 1. The lowest BCUT2D eigenvalue weighted by Crippen LogP contribution is -2.22. The van der Waals surface area contributed by atoms with Crippen molar-refractivity contribution in [2.75, 3.05) is 0 Å². The SMILES string of the molecule is Cc1ccc2c3c(sc2c1)C(F)C(C)(C)C(F)=C3. The highest BCUT2D eigenvalue weighted by atomic mass is 32.1. The molecule has 0 saturated carbocycles. The van der Waals surface area contributed by atoms with Crippen molar-refractivity contribution in [3.05, 3.63) is 40.0 Å².